The fourth-order valence-electron chi connectivity index (χ4n) is 8.14. The highest BCUT2D eigenvalue weighted by atomic mass is 15.0. The lowest BCUT2D eigenvalue weighted by molar-refractivity contribution is 0.793. The summed E-state index contributed by atoms with van der Waals surface area (Å²) in [6, 6.07) is 61.5. The first-order valence-electron chi connectivity index (χ1n) is 17.1. The summed E-state index contributed by atoms with van der Waals surface area (Å²) in [5.41, 5.74) is 15.0. The molecule has 0 atom stereocenters. The summed E-state index contributed by atoms with van der Waals surface area (Å²) in [5.74, 6) is 1.92. The molecule has 0 saturated heterocycles. The van der Waals surface area contributed by atoms with Crippen LogP contribution < -0.4 is 0 Å². The number of nitriles is 1. The normalized spacial score (nSPS) is 12.8. The third kappa shape index (κ3) is 4.35. The van der Waals surface area contributed by atoms with Gasteiger partial charge in [0.2, 0.25) is 0 Å². The van der Waals surface area contributed by atoms with Gasteiger partial charge in [-0.25, -0.2) is 15.0 Å². The molecule has 2 aliphatic rings. The number of hydrogen-bond acceptors (Lipinski definition) is 4. The third-order valence-corrected chi connectivity index (χ3v) is 10.4. The first-order valence-corrected chi connectivity index (χ1v) is 17.1. The lowest BCUT2D eigenvalue weighted by atomic mass is 9.70. The molecule has 10 rings (SSSR count). The van der Waals surface area contributed by atoms with Gasteiger partial charge in [-0.3, -0.25) is 0 Å². The standard InChI is InChI=1S/C47H28N4/c48-29-30-19-25-38-39-28-35(24-26-42(39)47(43(38)27-30)40-17-9-7-15-36(40)37-16-8-10-18-41(37)47)31-20-22-34(23-21-31)46-50-44(32-11-3-1-4-12-32)49-45(51-46)33-13-5-2-6-14-33/h1-28H. The highest BCUT2D eigenvalue weighted by Crippen LogP contribution is 2.63. The maximum absolute atomic E-state index is 9.99. The summed E-state index contributed by atoms with van der Waals surface area (Å²) in [6.45, 7) is 0. The Morgan fingerprint density at radius 1 is 0.353 bits per heavy atom. The lowest BCUT2D eigenvalue weighted by Crippen LogP contribution is -2.25. The van der Waals surface area contributed by atoms with Crippen LogP contribution in [-0.4, -0.2) is 15.0 Å². The minimum Gasteiger partial charge on any atom is -0.208 e. The molecular formula is C47H28N4. The second-order valence-electron chi connectivity index (χ2n) is 13.1. The fraction of sp³-hybridized carbons (Fsp3) is 0.0213. The molecule has 8 aromatic rings. The van der Waals surface area contributed by atoms with Gasteiger partial charge >= 0.3 is 0 Å². The molecule has 0 bridgehead atoms. The minimum absolute atomic E-state index is 0.487. The van der Waals surface area contributed by atoms with Gasteiger partial charge in [0.25, 0.3) is 0 Å². The van der Waals surface area contributed by atoms with Crippen molar-refractivity contribution in [2.75, 3.05) is 0 Å². The van der Waals surface area contributed by atoms with Gasteiger partial charge in [-0.15, -0.1) is 0 Å². The first-order chi connectivity index (χ1) is 25.2. The van der Waals surface area contributed by atoms with Crippen molar-refractivity contribution in [2.45, 2.75) is 5.41 Å². The average Bonchev–Trinajstić information content (AvgIpc) is 3.68. The largest absolute Gasteiger partial charge is 0.208 e. The van der Waals surface area contributed by atoms with Crippen molar-refractivity contribution in [1.82, 2.24) is 15.0 Å². The van der Waals surface area contributed by atoms with E-state index < -0.39 is 5.41 Å². The highest BCUT2D eigenvalue weighted by Gasteiger charge is 2.51. The van der Waals surface area contributed by atoms with Gasteiger partial charge in [-0.2, -0.15) is 5.26 Å². The number of hydrogen-bond donors (Lipinski definition) is 0. The van der Waals surface area contributed by atoms with Crippen LogP contribution in [0.5, 0.6) is 0 Å². The Morgan fingerprint density at radius 3 is 1.37 bits per heavy atom. The molecule has 7 aromatic carbocycles. The molecule has 0 amide bonds. The number of fused-ring (bicyclic) bond motifs is 10. The van der Waals surface area contributed by atoms with E-state index in [4.69, 9.17) is 15.0 Å². The zero-order valence-corrected chi connectivity index (χ0v) is 27.5. The summed E-state index contributed by atoms with van der Waals surface area (Å²) in [7, 11) is 0. The van der Waals surface area contributed by atoms with E-state index in [1.165, 1.54) is 44.5 Å². The molecule has 4 nitrogen and oxygen atoms in total. The van der Waals surface area contributed by atoms with E-state index in [0.717, 1.165) is 27.8 Å². The van der Waals surface area contributed by atoms with E-state index in [-0.39, 0.29) is 0 Å². The van der Waals surface area contributed by atoms with Crippen molar-refractivity contribution in [2.24, 2.45) is 0 Å². The Bertz CT molecular complexity index is 2590. The molecule has 0 N–H and O–H groups in total. The average molecular weight is 649 g/mol. The van der Waals surface area contributed by atoms with Gasteiger partial charge in [0.1, 0.15) is 0 Å². The van der Waals surface area contributed by atoms with Gasteiger partial charge < -0.3 is 0 Å². The van der Waals surface area contributed by atoms with Crippen molar-refractivity contribution in [3.05, 3.63) is 198 Å². The van der Waals surface area contributed by atoms with E-state index >= 15 is 0 Å². The lowest BCUT2D eigenvalue weighted by Gasteiger charge is -2.30. The van der Waals surface area contributed by atoms with Crippen molar-refractivity contribution in [3.63, 3.8) is 0 Å². The van der Waals surface area contributed by atoms with Crippen molar-refractivity contribution in [1.29, 1.82) is 5.26 Å². The molecule has 2 aliphatic carbocycles. The second kappa shape index (κ2) is 11.3. The van der Waals surface area contributed by atoms with Crippen molar-refractivity contribution >= 4 is 0 Å². The van der Waals surface area contributed by atoms with Gasteiger partial charge in [0, 0.05) is 16.7 Å². The molecule has 0 fully saturated rings. The van der Waals surface area contributed by atoms with Gasteiger partial charge in [-0.1, -0.05) is 152 Å². The Kier molecular flexibility index (Phi) is 6.43. The highest BCUT2D eigenvalue weighted by molar-refractivity contribution is 5.96. The summed E-state index contributed by atoms with van der Waals surface area (Å²) in [5, 5.41) is 9.99. The second-order valence-corrected chi connectivity index (χ2v) is 13.1. The molecular weight excluding hydrogens is 621 g/mol. The fourth-order valence-corrected chi connectivity index (χ4v) is 8.14. The third-order valence-electron chi connectivity index (χ3n) is 10.4. The SMILES string of the molecule is N#Cc1ccc2c(c1)C1(c3ccccc3-c3ccccc31)c1ccc(-c3ccc(-c4nc(-c5ccccc5)nc(-c5ccccc5)n4)cc3)cc1-2. The van der Waals surface area contributed by atoms with E-state index in [1.807, 2.05) is 66.7 Å². The van der Waals surface area contributed by atoms with Crippen molar-refractivity contribution < 1.29 is 0 Å². The smallest absolute Gasteiger partial charge is 0.164 e. The predicted molar refractivity (Wildman–Crippen MR) is 203 cm³/mol. The van der Waals surface area contributed by atoms with Crippen LogP contribution in [0.3, 0.4) is 0 Å². The summed E-state index contributed by atoms with van der Waals surface area (Å²) in [4.78, 5) is 14.7. The van der Waals surface area contributed by atoms with Crippen LogP contribution >= 0.6 is 0 Å². The maximum Gasteiger partial charge on any atom is 0.164 e. The van der Waals surface area contributed by atoms with Gasteiger partial charge in [-0.05, 0) is 73.8 Å². The quantitative estimate of drug-likeness (QED) is 0.191. The van der Waals surface area contributed by atoms with Crippen LogP contribution in [0.2, 0.25) is 0 Å². The zero-order chi connectivity index (χ0) is 33.9. The molecule has 4 heteroatoms. The van der Waals surface area contributed by atoms with Crippen LogP contribution in [0.1, 0.15) is 27.8 Å². The first kappa shape index (κ1) is 29.0. The van der Waals surface area contributed by atoms with Gasteiger partial charge in [0.15, 0.2) is 17.5 Å². The molecule has 0 saturated carbocycles. The summed E-state index contributed by atoms with van der Waals surface area (Å²) in [6.07, 6.45) is 0. The van der Waals surface area contributed by atoms with Crippen LogP contribution in [0.15, 0.2) is 170 Å². The van der Waals surface area contributed by atoms with E-state index in [0.29, 0.717) is 23.0 Å². The Hall–Kier alpha value is -6.96. The number of rotatable bonds is 4. The van der Waals surface area contributed by atoms with E-state index in [9.17, 15) is 5.26 Å². The van der Waals surface area contributed by atoms with E-state index in [1.54, 1.807) is 0 Å². The molecule has 0 aliphatic heterocycles. The zero-order valence-electron chi connectivity index (χ0n) is 27.5. The molecule has 236 valence electrons. The Labute approximate surface area is 296 Å². The topological polar surface area (TPSA) is 62.5 Å². The Balaban J connectivity index is 1.10. The molecule has 1 aromatic heterocycles. The molecule has 0 unspecified atom stereocenters. The molecule has 0 radical (unpaired) electrons. The summed E-state index contributed by atoms with van der Waals surface area (Å²) >= 11 is 0. The minimum atomic E-state index is -0.487. The van der Waals surface area contributed by atoms with Crippen molar-refractivity contribution in [3.8, 4) is 73.6 Å². The number of benzene rings is 7. The van der Waals surface area contributed by atoms with Crippen LogP contribution in [-0.2, 0) is 5.41 Å². The number of nitrogens with zero attached hydrogens (tertiary/aromatic N) is 4. The predicted octanol–water partition coefficient (Wildman–Crippen LogP) is 10.8. The Morgan fingerprint density at radius 2 is 0.804 bits per heavy atom. The number of aromatic nitrogens is 3. The molecule has 1 heterocycles. The monoisotopic (exact) mass is 648 g/mol. The van der Waals surface area contributed by atoms with Crippen LogP contribution in [0.25, 0.3) is 67.5 Å². The van der Waals surface area contributed by atoms with Gasteiger partial charge in [0.05, 0.1) is 17.0 Å². The van der Waals surface area contributed by atoms with E-state index in [2.05, 4.69) is 109 Å². The molecule has 51 heavy (non-hydrogen) atoms. The maximum atomic E-state index is 9.99. The summed E-state index contributed by atoms with van der Waals surface area (Å²) < 4.78 is 0. The van der Waals surface area contributed by atoms with Crippen LogP contribution in [0.4, 0.5) is 0 Å². The molecule has 1 spiro atoms. The van der Waals surface area contributed by atoms with Crippen LogP contribution in [0, 0.1) is 11.3 Å².